The van der Waals surface area contributed by atoms with E-state index in [1.54, 1.807) is 0 Å². The van der Waals surface area contributed by atoms with Gasteiger partial charge in [0.05, 0.1) is 5.56 Å². The molecule has 0 amide bonds. The van der Waals surface area contributed by atoms with Gasteiger partial charge in [0.2, 0.25) is 9.74 Å². The van der Waals surface area contributed by atoms with E-state index in [0.29, 0.717) is 5.56 Å². The molecule has 1 saturated heterocycles. The maximum Gasteiger partial charge on any atom is 0.416 e. The largest absolute Gasteiger partial charge is 0.416 e. The first-order chi connectivity index (χ1) is 14.0. The van der Waals surface area contributed by atoms with E-state index >= 15 is 0 Å². The Hall–Kier alpha value is -1.35. The van der Waals surface area contributed by atoms with Gasteiger partial charge in [-0.2, -0.15) is 23.1 Å². The Morgan fingerprint density at radius 1 is 0.935 bits per heavy atom. The molecule has 0 aliphatic carbocycles. The molecule has 31 heavy (non-hydrogen) atoms. The first-order valence-electron chi connectivity index (χ1n) is 9.61. The molecule has 0 saturated carbocycles. The first-order valence-corrected chi connectivity index (χ1v) is 10.7. The van der Waals surface area contributed by atoms with Crippen LogP contribution in [-0.2, 0) is 9.97 Å². The van der Waals surface area contributed by atoms with Crippen LogP contribution in [0.25, 0.3) is 11.4 Å². The third-order valence-corrected chi connectivity index (χ3v) is 5.39. The summed E-state index contributed by atoms with van der Waals surface area (Å²) < 4.78 is 36.7. The van der Waals surface area contributed by atoms with E-state index in [-0.39, 0.29) is 34.7 Å². The average Bonchev–Trinajstić information content (AvgIpc) is 2.57. The van der Waals surface area contributed by atoms with Crippen molar-refractivity contribution in [3.63, 3.8) is 0 Å². The van der Waals surface area contributed by atoms with E-state index in [9.17, 15) is 13.2 Å². The van der Waals surface area contributed by atoms with Crippen LogP contribution >= 0.6 is 34.8 Å². The van der Waals surface area contributed by atoms with Crippen LogP contribution in [0, 0.1) is 0 Å². The van der Waals surface area contributed by atoms with Gasteiger partial charge in [-0.3, -0.25) is 0 Å². The molecule has 11 heteroatoms. The lowest BCUT2D eigenvalue weighted by atomic mass is 9.80. The van der Waals surface area contributed by atoms with Crippen molar-refractivity contribution >= 4 is 40.8 Å². The van der Waals surface area contributed by atoms with Gasteiger partial charge in [-0.15, -0.1) is 0 Å². The highest BCUT2D eigenvalue weighted by Crippen LogP contribution is 2.38. The van der Waals surface area contributed by atoms with E-state index in [1.807, 2.05) is 0 Å². The van der Waals surface area contributed by atoms with Crippen LogP contribution in [-0.4, -0.2) is 32.1 Å². The number of aromatic nitrogens is 3. The topological polar surface area (TPSA) is 62.7 Å². The van der Waals surface area contributed by atoms with Crippen molar-refractivity contribution in [1.29, 1.82) is 0 Å². The first kappa shape index (κ1) is 24.3. The number of anilines is 1. The lowest BCUT2D eigenvalue weighted by Gasteiger charge is -2.46. The van der Waals surface area contributed by atoms with E-state index in [1.165, 1.54) is 12.1 Å². The minimum absolute atomic E-state index is 0.0253. The zero-order valence-electron chi connectivity index (χ0n) is 17.4. The Labute approximate surface area is 194 Å². The number of piperidine rings is 1. The molecule has 0 spiro atoms. The Balaban J connectivity index is 1.96. The van der Waals surface area contributed by atoms with Gasteiger partial charge in [0.1, 0.15) is 0 Å². The Morgan fingerprint density at radius 3 is 1.97 bits per heavy atom. The molecule has 1 aliphatic rings. The maximum atomic E-state index is 12.9. The number of benzene rings is 1. The second-order valence-electron chi connectivity index (χ2n) is 9.02. The Morgan fingerprint density at radius 2 is 1.48 bits per heavy atom. The van der Waals surface area contributed by atoms with Gasteiger partial charge in [-0.1, -0.05) is 46.9 Å². The van der Waals surface area contributed by atoms with Crippen molar-refractivity contribution in [2.45, 2.75) is 67.6 Å². The minimum Gasteiger partial charge on any atom is -0.351 e. The Kier molecular flexibility index (Phi) is 6.43. The molecular weight excluding hydrogens is 474 g/mol. The molecule has 0 atom stereocenters. The molecule has 2 N–H and O–H groups in total. The summed E-state index contributed by atoms with van der Waals surface area (Å²) in [6.07, 6.45) is -2.86. The van der Waals surface area contributed by atoms with Gasteiger partial charge < -0.3 is 10.6 Å². The smallest absolute Gasteiger partial charge is 0.351 e. The highest BCUT2D eigenvalue weighted by atomic mass is 35.6. The van der Waals surface area contributed by atoms with Gasteiger partial charge in [-0.25, -0.2) is 4.98 Å². The number of nitrogens with one attached hydrogen (secondary N) is 2. The molecule has 3 rings (SSSR count). The summed E-state index contributed by atoms with van der Waals surface area (Å²) in [6.45, 7) is 8.43. The van der Waals surface area contributed by atoms with Crippen LogP contribution in [0.4, 0.5) is 19.1 Å². The normalized spacial score (nSPS) is 19.3. The highest BCUT2D eigenvalue weighted by Gasteiger charge is 2.38. The molecule has 2 heterocycles. The van der Waals surface area contributed by atoms with Crippen LogP contribution in [0.3, 0.4) is 0 Å². The van der Waals surface area contributed by atoms with Crippen molar-refractivity contribution in [3.8, 4) is 11.4 Å². The van der Waals surface area contributed by atoms with E-state index in [0.717, 1.165) is 25.0 Å². The number of nitrogens with zero attached hydrogens (tertiary/aromatic N) is 3. The third kappa shape index (κ3) is 6.34. The minimum atomic E-state index is -4.44. The molecule has 0 bridgehead atoms. The van der Waals surface area contributed by atoms with Crippen molar-refractivity contribution in [1.82, 2.24) is 20.3 Å². The summed E-state index contributed by atoms with van der Waals surface area (Å²) in [5.74, 6) is 0.196. The molecule has 1 fully saturated rings. The SMILES string of the molecule is CC1(C)CC(Nc2nc(-c3ccc(C(F)(F)F)cc3)nc(C(Cl)(Cl)Cl)n2)CC(C)(C)N1. The third-order valence-electron chi connectivity index (χ3n) is 4.88. The predicted molar refractivity (Wildman–Crippen MR) is 117 cm³/mol. The van der Waals surface area contributed by atoms with Gasteiger partial charge in [0, 0.05) is 22.7 Å². The number of hydrogen-bond acceptors (Lipinski definition) is 5. The molecule has 0 unspecified atom stereocenters. The zero-order chi connectivity index (χ0) is 23.2. The van der Waals surface area contributed by atoms with Crippen LogP contribution < -0.4 is 10.6 Å². The summed E-state index contributed by atoms with van der Waals surface area (Å²) in [5, 5.41) is 6.88. The van der Waals surface area contributed by atoms with Crippen molar-refractivity contribution < 1.29 is 13.2 Å². The quantitative estimate of drug-likeness (QED) is 0.502. The zero-order valence-corrected chi connectivity index (χ0v) is 19.7. The summed E-state index contributed by atoms with van der Waals surface area (Å²) in [5.41, 5.74) is -0.675. The maximum absolute atomic E-state index is 12.9. The van der Waals surface area contributed by atoms with E-state index < -0.39 is 15.5 Å². The van der Waals surface area contributed by atoms with Gasteiger partial charge >= 0.3 is 6.18 Å². The van der Waals surface area contributed by atoms with Gasteiger partial charge in [-0.05, 0) is 52.7 Å². The monoisotopic (exact) mass is 495 g/mol. The van der Waals surface area contributed by atoms with E-state index in [2.05, 4.69) is 53.3 Å². The summed E-state index contributed by atoms with van der Waals surface area (Å²) >= 11 is 18.0. The second-order valence-corrected chi connectivity index (χ2v) is 11.3. The standard InChI is InChI=1S/C20H23Cl3F3N5/c1-17(2)9-13(10-18(3,4)31-17)27-16-29-14(28-15(30-16)19(21,22)23)11-5-7-12(8-6-11)20(24,25)26/h5-8,13,31H,9-10H2,1-4H3,(H,27,28,29,30). The lowest BCUT2D eigenvalue weighted by Crippen LogP contribution is -2.60. The molecule has 1 aliphatic heterocycles. The van der Waals surface area contributed by atoms with Crippen molar-refractivity contribution in [2.75, 3.05) is 5.32 Å². The molecule has 2 aromatic rings. The lowest BCUT2D eigenvalue weighted by molar-refractivity contribution is -0.137. The van der Waals surface area contributed by atoms with Crippen LogP contribution in [0.5, 0.6) is 0 Å². The predicted octanol–water partition coefficient (Wildman–Crippen LogP) is 6.11. The number of hydrogen-bond donors (Lipinski definition) is 2. The molecular formula is C20H23Cl3F3N5. The van der Waals surface area contributed by atoms with E-state index in [4.69, 9.17) is 34.8 Å². The molecule has 1 aromatic carbocycles. The Bertz CT molecular complexity index is 925. The fraction of sp³-hybridized carbons (Fsp3) is 0.550. The molecule has 170 valence electrons. The van der Waals surface area contributed by atoms with Crippen molar-refractivity contribution in [2.24, 2.45) is 0 Å². The average molecular weight is 497 g/mol. The number of alkyl halides is 6. The van der Waals surface area contributed by atoms with Crippen LogP contribution in [0.1, 0.15) is 51.9 Å². The molecule has 0 radical (unpaired) electrons. The molecule has 1 aromatic heterocycles. The van der Waals surface area contributed by atoms with Crippen molar-refractivity contribution in [3.05, 3.63) is 35.7 Å². The van der Waals surface area contributed by atoms with Gasteiger partial charge in [0.15, 0.2) is 11.6 Å². The van der Waals surface area contributed by atoms with Crippen LogP contribution in [0.2, 0.25) is 0 Å². The summed E-state index contributed by atoms with van der Waals surface area (Å²) in [7, 11) is 0. The highest BCUT2D eigenvalue weighted by molar-refractivity contribution is 6.66. The summed E-state index contributed by atoms with van der Waals surface area (Å²) in [4.78, 5) is 12.8. The molecule has 5 nitrogen and oxygen atoms in total. The number of rotatable bonds is 3. The number of halogens is 6. The fourth-order valence-electron chi connectivity index (χ4n) is 4.11. The van der Waals surface area contributed by atoms with Gasteiger partial charge in [0.25, 0.3) is 0 Å². The van der Waals surface area contributed by atoms with Crippen LogP contribution in [0.15, 0.2) is 24.3 Å². The summed E-state index contributed by atoms with van der Waals surface area (Å²) in [6, 6.07) is 4.50. The fourth-order valence-corrected chi connectivity index (χ4v) is 4.37. The second kappa shape index (κ2) is 8.21.